The maximum absolute atomic E-state index is 11.7. The molecule has 0 unspecified atom stereocenters. The lowest BCUT2D eigenvalue weighted by Crippen LogP contribution is -2.40. The van der Waals surface area contributed by atoms with Crippen molar-refractivity contribution >= 4 is 11.9 Å². The van der Waals surface area contributed by atoms with Crippen molar-refractivity contribution in [1.29, 1.82) is 0 Å². The van der Waals surface area contributed by atoms with Gasteiger partial charge in [-0.05, 0) is 12.5 Å². The van der Waals surface area contributed by atoms with Gasteiger partial charge in [-0.2, -0.15) is 0 Å². The van der Waals surface area contributed by atoms with Crippen LogP contribution in [0.4, 0.5) is 0 Å². The van der Waals surface area contributed by atoms with E-state index in [-0.39, 0.29) is 5.56 Å². The van der Waals surface area contributed by atoms with Gasteiger partial charge < -0.3 is 14.8 Å². The Bertz CT molecular complexity index is 459. The Labute approximate surface area is 104 Å². The van der Waals surface area contributed by atoms with E-state index in [9.17, 15) is 14.4 Å². The number of carbonyl (C=O) groups excluding carboxylic acids is 1. The van der Waals surface area contributed by atoms with E-state index < -0.39 is 23.5 Å². The molecule has 0 saturated carbocycles. The van der Waals surface area contributed by atoms with Gasteiger partial charge in [-0.25, -0.2) is 9.59 Å². The summed E-state index contributed by atoms with van der Waals surface area (Å²) in [7, 11) is 0. The summed E-state index contributed by atoms with van der Waals surface area (Å²) in [5.74, 6) is -1.64. The lowest BCUT2D eigenvalue weighted by molar-refractivity contribution is -0.139. The summed E-state index contributed by atoms with van der Waals surface area (Å²) in [5.41, 5.74) is -0.440. The average molecular weight is 253 g/mol. The Morgan fingerprint density at radius 2 is 2.17 bits per heavy atom. The first-order valence-corrected chi connectivity index (χ1v) is 5.67. The number of carboxylic acid groups (broad SMARTS) is 1. The molecule has 0 fully saturated rings. The summed E-state index contributed by atoms with van der Waals surface area (Å²) in [5, 5.41) is 11.3. The zero-order valence-corrected chi connectivity index (χ0v) is 10.0. The number of amides is 1. The zero-order valence-electron chi connectivity index (χ0n) is 10.0. The minimum Gasteiger partial charge on any atom is -0.480 e. The fourth-order valence-corrected chi connectivity index (χ4v) is 1.39. The summed E-state index contributed by atoms with van der Waals surface area (Å²) in [6.07, 6.45) is 2.94. The third-order valence-corrected chi connectivity index (χ3v) is 2.41. The largest absolute Gasteiger partial charge is 0.480 e. The average Bonchev–Trinajstić information content (AvgIpc) is 2.34. The van der Waals surface area contributed by atoms with Gasteiger partial charge in [0, 0.05) is 6.07 Å². The van der Waals surface area contributed by atoms with E-state index >= 15 is 0 Å². The van der Waals surface area contributed by atoms with Crippen molar-refractivity contribution in [3.05, 3.63) is 34.4 Å². The van der Waals surface area contributed by atoms with Gasteiger partial charge in [0.25, 0.3) is 5.91 Å². The molecule has 0 aliphatic heterocycles. The fraction of sp³-hybridized carbons (Fsp3) is 0.417. The summed E-state index contributed by atoms with van der Waals surface area (Å²) in [6.45, 7) is 1.94. The Morgan fingerprint density at radius 3 is 2.67 bits per heavy atom. The smallest absolute Gasteiger partial charge is 0.335 e. The number of aliphatic carboxylic acids is 1. The summed E-state index contributed by atoms with van der Waals surface area (Å²) in [6, 6.07) is 1.47. The van der Waals surface area contributed by atoms with Crippen LogP contribution in [0.25, 0.3) is 0 Å². The van der Waals surface area contributed by atoms with Crippen molar-refractivity contribution in [3.8, 4) is 0 Å². The molecule has 1 aromatic rings. The molecule has 98 valence electrons. The number of nitrogens with one attached hydrogen (secondary N) is 1. The highest BCUT2D eigenvalue weighted by Crippen LogP contribution is 2.03. The van der Waals surface area contributed by atoms with Crippen molar-refractivity contribution in [2.24, 2.45) is 0 Å². The molecular formula is C12H15NO5. The van der Waals surface area contributed by atoms with Crippen LogP contribution >= 0.6 is 0 Å². The van der Waals surface area contributed by atoms with Crippen LogP contribution in [0.1, 0.15) is 36.5 Å². The van der Waals surface area contributed by atoms with E-state index in [2.05, 4.69) is 9.73 Å². The van der Waals surface area contributed by atoms with Gasteiger partial charge in [0.1, 0.15) is 12.3 Å². The Kier molecular flexibility index (Phi) is 5.10. The lowest BCUT2D eigenvalue weighted by atomic mass is 10.1. The number of carbonyl (C=O) groups is 2. The predicted octanol–water partition coefficient (Wildman–Crippen LogP) is 1.01. The number of hydrogen-bond donors (Lipinski definition) is 2. The maximum Gasteiger partial charge on any atom is 0.335 e. The van der Waals surface area contributed by atoms with Gasteiger partial charge in [-0.1, -0.05) is 19.8 Å². The molecule has 1 amide bonds. The molecule has 2 N–H and O–H groups in total. The minimum absolute atomic E-state index is 0.123. The highest BCUT2D eigenvalue weighted by Gasteiger charge is 2.20. The zero-order chi connectivity index (χ0) is 13.5. The SMILES string of the molecule is CCCC[C@H](NC(=O)c1ccc(=O)oc1)C(=O)O. The monoisotopic (exact) mass is 253 g/mol. The Hall–Kier alpha value is -2.11. The summed E-state index contributed by atoms with van der Waals surface area (Å²) < 4.78 is 4.54. The fourth-order valence-electron chi connectivity index (χ4n) is 1.39. The van der Waals surface area contributed by atoms with Crippen LogP contribution in [0.3, 0.4) is 0 Å². The van der Waals surface area contributed by atoms with Crippen molar-refractivity contribution in [1.82, 2.24) is 5.32 Å². The second-order valence-corrected chi connectivity index (χ2v) is 3.85. The van der Waals surface area contributed by atoms with Crippen LogP contribution < -0.4 is 10.9 Å². The normalized spacial score (nSPS) is 11.8. The van der Waals surface area contributed by atoms with Crippen LogP contribution in [0.2, 0.25) is 0 Å². The van der Waals surface area contributed by atoms with E-state index in [0.717, 1.165) is 18.8 Å². The molecule has 0 bridgehead atoms. The molecule has 1 heterocycles. The molecule has 1 aromatic heterocycles. The molecule has 1 atom stereocenters. The highest BCUT2D eigenvalue weighted by atomic mass is 16.4. The van der Waals surface area contributed by atoms with Gasteiger partial charge >= 0.3 is 11.6 Å². The van der Waals surface area contributed by atoms with Gasteiger partial charge in [0.15, 0.2) is 0 Å². The predicted molar refractivity (Wildman–Crippen MR) is 63.4 cm³/mol. The van der Waals surface area contributed by atoms with Crippen LogP contribution in [0.15, 0.2) is 27.6 Å². The van der Waals surface area contributed by atoms with E-state index in [1.54, 1.807) is 0 Å². The molecular weight excluding hydrogens is 238 g/mol. The minimum atomic E-state index is -1.07. The molecule has 0 radical (unpaired) electrons. The summed E-state index contributed by atoms with van der Waals surface area (Å²) >= 11 is 0. The third kappa shape index (κ3) is 4.04. The van der Waals surface area contributed by atoms with Gasteiger partial charge in [-0.15, -0.1) is 0 Å². The standard InChI is InChI=1S/C12H15NO5/c1-2-3-4-9(12(16)17)13-11(15)8-5-6-10(14)18-7-8/h5-7,9H,2-4H2,1H3,(H,13,15)(H,16,17)/t9-/m0/s1. The number of carboxylic acids is 1. The first-order chi connectivity index (χ1) is 8.54. The molecule has 1 rings (SSSR count). The van der Waals surface area contributed by atoms with E-state index in [0.29, 0.717) is 12.8 Å². The van der Waals surface area contributed by atoms with Crippen LogP contribution in [0.5, 0.6) is 0 Å². The van der Waals surface area contributed by atoms with Crippen LogP contribution in [-0.4, -0.2) is 23.0 Å². The van der Waals surface area contributed by atoms with Gasteiger partial charge in [-0.3, -0.25) is 4.79 Å². The molecule has 6 nitrogen and oxygen atoms in total. The second kappa shape index (κ2) is 6.58. The quantitative estimate of drug-likeness (QED) is 0.788. The molecule has 0 saturated heterocycles. The Balaban J connectivity index is 2.68. The molecule has 0 aliphatic rings. The number of rotatable bonds is 6. The molecule has 0 aromatic carbocycles. The lowest BCUT2D eigenvalue weighted by Gasteiger charge is -2.13. The molecule has 6 heteroatoms. The summed E-state index contributed by atoms with van der Waals surface area (Å²) in [4.78, 5) is 33.4. The van der Waals surface area contributed by atoms with Crippen LogP contribution in [0, 0.1) is 0 Å². The van der Waals surface area contributed by atoms with Gasteiger partial charge in [0.05, 0.1) is 5.56 Å². The number of hydrogen-bond acceptors (Lipinski definition) is 4. The first kappa shape index (κ1) is 14.0. The first-order valence-electron chi connectivity index (χ1n) is 5.67. The maximum atomic E-state index is 11.7. The van der Waals surface area contributed by atoms with Crippen molar-refractivity contribution in [3.63, 3.8) is 0 Å². The van der Waals surface area contributed by atoms with E-state index in [1.165, 1.54) is 6.07 Å². The van der Waals surface area contributed by atoms with Gasteiger partial charge in [0.2, 0.25) is 0 Å². The van der Waals surface area contributed by atoms with Crippen LogP contribution in [-0.2, 0) is 4.79 Å². The van der Waals surface area contributed by atoms with Crippen molar-refractivity contribution < 1.29 is 19.1 Å². The van der Waals surface area contributed by atoms with E-state index in [4.69, 9.17) is 5.11 Å². The Morgan fingerprint density at radius 1 is 1.44 bits per heavy atom. The van der Waals surface area contributed by atoms with E-state index in [1.807, 2.05) is 6.92 Å². The highest BCUT2D eigenvalue weighted by molar-refractivity contribution is 5.96. The second-order valence-electron chi connectivity index (χ2n) is 3.85. The molecule has 18 heavy (non-hydrogen) atoms. The molecule has 0 aliphatic carbocycles. The number of unbranched alkanes of at least 4 members (excludes halogenated alkanes) is 1. The topological polar surface area (TPSA) is 96.6 Å². The van der Waals surface area contributed by atoms with Crippen molar-refractivity contribution in [2.75, 3.05) is 0 Å². The van der Waals surface area contributed by atoms with Crippen molar-refractivity contribution in [2.45, 2.75) is 32.2 Å². The molecule has 0 spiro atoms. The third-order valence-electron chi connectivity index (χ3n) is 2.41.